The fourth-order valence-corrected chi connectivity index (χ4v) is 2.01. The number of esters is 1. The highest BCUT2D eigenvalue weighted by atomic mass is 32.1. The van der Waals surface area contributed by atoms with E-state index in [9.17, 15) is 4.79 Å². The van der Waals surface area contributed by atoms with Crippen molar-refractivity contribution in [2.24, 2.45) is 0 Å². The number of aromatic nitrogens is 1. The van der Waals surface area contributed by atoms with Crippen molar-refractivity contribution in [3.63, 3.8) is 0 Å². The van der Waals surface area contributed by atoms with E-state index in [1.807, 2.05) is 11.4 Å². The summed E-state index contributed by atoms with van der Waals surface area (Å²) in [4.78, 5) is 15.7. The number of nitrogens with zero attached hydrogens (tertiary/aromatic N) is 1. The molecule has 0 radical (unpaired) electrons. The van der Waals surface area contributed by atoms with Crippen molar-refractivity contribution in [3.05, 3.63) is 35.2 Å². The van der Waals surface area contributed by atoms with E-state index in [0.29, 0.717) is 17.3 Å². The van der Waals surface area contributed by atoms with Crippen molar-refractivity contribution in [2.45, 2.75) is 6.92 Å². The minimum absolute atomic E-state index is 0.322. The Morgan fingerprint density at radius 1 is 1.53 bits per heavy atom. The summed E-state index contributed by atoms with van der Waals surface area (Å²) in [6.45, 7) is 2.15. The lowest BCUT2D eigenvalue weighted by atomic mass is 10.1. The molecule has 0 aliphatic rings. The SMILES string of the molecule is CCOC(=O)c1cccc(-c2csc(N)n2)c1. The topological polar surface area (TPSA) is 65.2 Å². The van der Waals surface area contributed by atoms with Gasteiger partial charge in [0, 0.05) is 10.9 Å². The van der Waals surface area contributed by atoms with Crippen LogP contribution < -0.4 is 5.73 Å². The van der Waals surface area contributed by atoms with Crippen LogP contribution in [0.5, 0.6) is 0 Å². The van der Waals surface area contributed by atoms with Gasteiger partial charge in [0.2, 0.25) is 0 Å². The van der Waals surface area contributed by atoms with Crippen LogP contribution in [0.3, 0.4) is 0 Å². The second-order valence-electron chi connectivity index (χ2n) is 3.37. The van der Waals surface area contributed by atoms with E-state index in [2.05, 4.69) is 4.98 Å². The molecule has 88 valence electrons. The zero-order chi connectivity index (χ0) is 12.3. The Labute approximate surface area is 103 Å². The van der Waals surface area contributed by atoms with Crippen LogP contribution in [0.1, 0.15) is 17.3 Å². The van der Waals surface area contributed by atoms with Gasteiger partial charge in [-0.1, -0.05) is 12.1 Å². The summed E-state index contributed by atoms with van der Waals surface area (Å²) in [7, 11) is 0. The van der Waals surface area contributed by atoms with Crippen LogP contribution >= 0.6 is 11.3 Å². The van der Waals surface area contributed by atoms with Crippen LogP contribution in [0.25, 0.3) is 11.3 Å². The molecule has 1 aromatic carbocycles. The Balaban J connectivity index is 2.31. The first-order chi connectivity index (χ1) is 8.20. The van der Waals surface area contributed by atoms with E-state index in [1.165, 1.54) is 11.3 Å². The Morgan fingerprint density at radius 3 is 3.00 bits per heavy atom. The van der Waals surface area contributed by atoms with Crippen molar-refractivity contribution >= 4 is 22.4 Å². The standard InChI is InChI=1S/C12H12N2O2S/c1-2-16-11(15)9-5-3-4-8(6-9)10-7-17-12(13)14-10/h3-7H,2H2,1H3,(H2,13,14). The lowest BCUT2D eigenvalue weighted by Gasteiger charge is -2.03. The maximum Gasteiger partial charge on any atom is 0.338 e. The number of nitrogens with two attached hydrogens (primary N) is 1. The van der Waals surface area contributed by atoms with Gasteiger partial charge in [-0.3, -0.25) is 0 Å². The van der Waals surface area contributed by atoms with Crippen molar-refractivity contribution in [1.29, 1.82) is 0 Å². The van der Waals surface area contributed by atoms with Gasteiger partial charge in [0.1, 0.15) is 0 Å². The van der Waals surface area contributed by atoms with E-state index < -0.39 is 0 Å². The molecule has 0 saturated heterocycles. The van der Waals surface area contributed by atoms with Crippen LogP contribution in [0.4, 0.5) is 5.13 Å². The lowest BCUT2D eigenvalue weighted by molar-refractivity contribution is 0.0526. The van der Waals surface area contributed by atoms with E-state index in [4.69, 9.17) is 10.5 Å². The second kappa shape index (κ2) is 4.97. The van der Waals surface area contributed by atoms with Gasteiger partial charge in [0.25, 0.3) is 0 Å². The van der Waals surface area contributed by atoms with Gasteiger partial charge in [0.05, 0.1) is 17.9 Å². The number of benzene rings is 1. The summed E-state index contributed by atoms with van der Waals surface area (Å²) in [6.07, 6.45) is 0. The van der Waals surface area contributed by atoms with Gasteiger partial charge in [-0.15, -0.1) is 11.3 Å². The first-order valence-corrected chi connectivity index (χ1v) is 6.07. The summed E-state index contributed by atoms with van der Waals surface area (Å²) < 4.78 is 4.94. The third kappa shape index (κ3) is 2.62. The number of hydrogen-bond donors (Lipinski definition) is 1. The zero-order valence-electron chi connectivity index (χ0n) is 9.34. The molecule has 1 heterocycles. The smallest absolute Gasteiger partial charge is 0.338 e. The van der Waals surface area contributed by atoms with Crippen LogP contribution in [-0.4, -0.2) is 17.6 Å². The molecule has 0 saturated carbocycles. The van der Waals surface area contributed by atoms with E-state index in [0.717, 1.165) is 11.3 Å². The van der Waals surface area contributed by atoms with Gasteiger partial charge < -0.3 is 10.5 Å². The number of anilines is 1. The van der Waals surface area contributed by atoms with Gasteiger partial charge in [-0.2, -0.15) is 0 Å². The Hall–Kier alpha value is -1.88. The fraction of sp³-hybridized carbons (Fsp3) is 0.167. The molecule has 0 amide bonds. The van der Waals surface area contributed by atoms with Crippen molar-refractivity contribution in [2.75, 3.05) is 12.3 Å². The van der Waals surface area contributed by atoms with Gasteiger partial charge in [0.15, 0.2) is 5.13 Å². The predicted molar refractivity (Wildman–Crippen MR) is 67.9 cm³/mol. The van der Waals surface area contributed by atoms with Gasteiger partial charge in [-0.05, 0) is 19.1 Å². The Bertz CT molecular complexity index is 537. The summed E-state index contributed by atoms with van der Waals surface area (Å²) in [5.41, 5.74) is 7.74. The molecular formula is C12H12N2O2S. The number of carbonyl (C=O) groups is 1. The van der Waals surface area contributed by atoms with Gasteiger partial charge >= 0.3 is 5.97 Å². The number of thiazole rings is 1. The number of hydrogen-bond acceptors (Lipinski definition) is 5. The maximum atomic E-state index is 11.6. The Kier molecular flexibility index (Phi) is 3.39. The monoisotopic (exact) mass is 248 g/mol. The molecule has 4 nitrogen and oxygen atoms in total. The largest absolute Gasteiger partial charge is 0.462 e. The molecule has 0 aliphatic heterocycles. The summed E-state index contributed by atoms with van der Waals surface area (Å²) >= 11 is 1.37. The summed E-state index contributed by atoms with van der Waals surface area (Å²) in [5.74, 6) is -0.322. The van der Waals surface area contributed by atoms with E-state index in [-0.39, 0.29) is 5.97 Å². The van der Waals surface area contributed by atoms with Crippen LogP contribution in [-0.2, 0) is 4.74 Å². The van der Waals surface area contributed by atoms with Crippen LogP contribution in [0, 0.1) is 0 Å². The highest BCUT2D eigenvalue weighted by molar-refractivity contribution is 7.13. The average molecular weight is 248 g/mol. The molecule has 0 fully saturated rings. The second-order valence-corrected chi connectivity index (χ2v) is 4.26. The minimum atomic E-state index is -0.322. The molecule has 1 aromatic heterocycles. The number of ether oxygens (including phenoxy) is 1. The maximum absolute atomic E-state index is 11.6. The minimum Gasteiger partial charge on any atom is -0.462 e. The molecule has 0 bridgehead atoms. The molecule has 0 unspecified atom stereocenters. The zero-order valence-corrected chi connectivity index (χ0v) is 10.2. The normalized spacial score (nSPS) is 10.2. The summed E-state index contributed by atoms with van der Waals surface area (Å²) in [5, 5.41) is 2.38. The average Bonchev–Trinajstić information content (AvgIpc) is 2.76. The third-order valence-electron chi connectivity index (χ3n) is 2.19. The quantitative estimate of drug-likeness (QED) is 0.848. The molecular weight excluding hydrogens is 236 g/mol. The molecule has 0 aliphatic carbocycles. The molecule has 2 rings (SSSR count). The predicted octanol–water partition coefficient (Wildman–Crippen LogP) is 2.57. The molecule has 0 spiro atoms. The molecule has 0 atom stereocenters. The summed E-state index contributed by atoms with van der Waals surface area (Å²) in [6, 6.07) is 7.16. The van der Waals surface area contributed by atoms with Crippen LogP contribution in [0.2, 0.25) is 0 Å². The van der Waals surface area contributed by atoms with Crippen molar-refractivity contribution in [3.8, 4) is 11.3 Å². The van der Waals surface area contributed by atoms with E-state index in [1.54, 1.807) is 25.1 Å². The molecule has 2 N–H and O–H groups in total. The molecule has 5 heteroatoms. The van der Waals surface area contributed by atoms with Crippen LogP contribution in [0.15, 0.2) is 29.6 Å². The first-order valence-electron chi connectivity index (χ1n) is 5.19. The van der Waals surface area contributed by atoms with Crippen molar-refractivity contribution < 1.29 is 9.53 Å². The number of carbonyl (C=O) groups excluding carboxylic acids is 1. The third-order valence-corrected chi connectivity index (χ3v) is 2.87. The first kappa shape index (κ1) is 11.6. The van der Waals surface area contributed by atoms with E-state index >= 15 is 0 Å². The van der Waals surface area contributed by atoms with Gasteiger partial charge in [-0.25, -0.2) is 9.78 Å². The number of nitrogen functional groups attached to an aromatic ring is 1. The highest BCUT2D eigenvalue weighted by Gasteiger charge is 2.09. The number of rotatable bonds is 3. The fourth-order valence-electron chi connectivity index (χ4n) is 1.44. The van der Waals surface area contributed by atoms with Crippen molar-refractivity contribution in [1.82, 2.24) is 4.98 Å². The molecule has 17 heavy (non-hydrogen) atoms. The lowest BCUT2D eigenvalue weighted by Crippen LogP contribution is -2.04. The Morgan fingerprint density at radius 2 is 2.35 bits per heavy atom. The molecule has 2 aromatic rings. The highest BCUT2D eigenvalue weighted by Crippen LogP contribution is 2.23.